The van der Waals surface area contributed by atoms with Crippen LogP contribution in [0.25, 0.3) is 0 Å². The van der Waals surface area contributed by atoms with Crippen LogP contribution in [0.2, 0.25) is 0 Å². The van der Waals surface area contributed by atoms with E-state index >= 15 is 0 Å². The molecular formula is C13H13BrN2O4. The fourth-order valence-electron chi connectivity index (χ4n) is 1.94. The Morgan fingerprint density at radius 2 is 2.00 bits per heavy atom. The Morgan fingerprint density at radius 1 is 1.30 bits per heavy atom. The highest BCUT2D eigenvalue weighted by atomic mass is 79.9. The Labute approximate surface area is 124 Å². The van der Waals surface area contributed by atoms with Crippen molar-refractivity contribution in [1.29, 1.82) is 0 Å². The average molecular weight is 341 g/mol. The van der Waals surface area contributed by atoms with Crippen molar-refractivity contribution < 1.29 is 19.5 Å². The van der Waals surface area contributed by atoms with Gasteiger partial charge in [0.2, 0.25) is 0 Å². The number of likely N-dealkylation sites (N-methyl/N-ethyl adjacent to an activating group) is 1. The molecule has 2 rings (SSSR count). The van der Waals surface area contributed by atoms with Crippen LogP contribution >= 0.6 is 15.9 Å². The van der Waals surface area contributed by atoms with Gasteiger partial charge in [0.05, 0.1) is 5.56 Å². The molecule has 106 valence electrons. The summed E-state index contributed by atoms with van der Waals surface area (Å²) in [6, 6.07) is 4.61. The number of benzene rings is 1. The molecule has 2 amide bonds. The molecule has 0 aromatic heterocycles. The van der Waals surface area contributed by atoms with Crippen LogP contribution in [-0.2, 0) is 16.1 Å². The summed E-state index contributed by atoms with van der Waals surface area (Å²) in [6.07, 6.45) is 0. The molecule has 1 aliphatic rings. The maximum absolute atomic E-state index is 11.9. The maximum atomic E-state index is 11.9. The van der Waals surface area contributed by atoms with E-state index in [0.29, 0.717) is 17.6 Å². The van der Waals surface area contributed by atoms with E-state index in [1.165, 1.54) is 21.9 Å². The number of amides is 2. The largest absolute Gasteiger partial charge is 0.478 e. The molecule has 0 unspecified atom stereocenters. The van der Waals surface area contributed by atoms with E-state index in [1.807, 2.05) is 0 Å². The topological polar surface area (TPSA) is 77.9 Å². The van der Waals surface area contributed by atoms with Crippen molar-refractivity contribution in [2.24, 2.45) is 0 Å². The molecule has 7 heteroatoms. The van der Waals surface area contributed by atoms with Crippen LogP contribution in [-0.4, -0.2) is 52.8 Å². The molecule has 0 bridgehead atoms. The number of nitrogens with zero attached hydrogens (tertiary/aromatic N) is 2. The highest BCUT2D eigenvalue weighted by molar-refractivity contribution is 9.10. The number of aromatic carboxylic acids is 1. The summed E-state index contributed by atoms with van der Waals surface area (Å²) in [5.41, 5.74) is 0.933. The van der Waals surface area contributed by atoms with Crippen LogP contribution in [0.15, 0.2) is 22.7 Å². The smallest absolute Gasteiger partial charge is 0.335 e. The Balaban J connectivity index is 2.16. The first-order valence-electron chi connectivity index (χ1n) is 5.96. The fraction of sp³-hybridized carbons (Fsp3) is 0.308. The van der Waals surface area contributed by atoms with Crippen LogP contribution in [0, 0.1) is 0 Å². The van der Waals surface area contributed by atoms with Gasteiger partial charge in [-0.2, -0.15) is 0 Å². The van der Waals surface area contributed by atoms with Gasteiger partial charge in [-0.25, -0.2) is 4.79 Å². The van der Waals surface area contributed by atoms with Gasteiger partial charge < -0.3 is 14.9 Å². The molecule has 1 aromatic rings. The van der Waals surface area contributed by atoms with E-state index in [0.717, 1.165) is 5.56 Å². The molecule has 0 aliphatic carbocycles. The third-order valence-electron chi connectivity index (χ3n) is 3.18. The second-order valence-electron chi connectivity index (χ2n) is 4.56. The Morgan fingerprint density at radius 3 is 2.60 bits per heavy atom. The van der Waals surface area contributed by atoms with Crippen molar-refractivity contribution in [1.82, 2.24) is 9.80 Å². The zero-order chi connectivity index (χ0) is 14.9. The summed E-state index contributed by atoms with van der Waals surface area (Å²) in [5, 5.41) is 8.89. The third kappa shape index (κ3) is 2.82. The van der Waals surface area contributed by atoms with Crippen LogP contribution in [0.5, 0.6) is 0 Å². The van der Waals surface area contributed by atoms with Gasteiger partial charge in [0, 0.05) is 31.2 Å². The molecule has 0 spiro atoms. The predicted molar refractivity (Wildman–Crippen MR) is 74.2 cm³/mol. The first-order chi connectivity index (χ1) is 9.40. The minimum absolute atomic E-state index is 0.168. The second-order valence-corrected chi connectivity index (χ2v) is 5.42. The van der Waals surface area contributed by atoms with E-state index in [2.05, 4.69) is 15.9 Å². The lowest BCUT2D eigenvalue weighted by Crippen LogP contribution is -2.52. The molecule has 1 fully saturated rings. The predicted octanol–water partition coefficient (Wildman–Crippen LogP) is 0.948. The Hall–Kier alpha value is -1.89. The number of halogens is 1. The van der Waals surface area contributed by atoms with E-state index in [4.69, 9.17) is 5.11 Å². The number of carboxylic acids is 1. The number of hydrogen-bond donors (Lipinski definition) is 1. The SMILES string of the molecule is CN1CCN(Cc2ccc(C(=O)O)cc2Br)C(=O)C1=O. The second kappa shape index (κ2) is 5.62. The molecule has 0 saturated carbocycles. The highest BCUT2D eigenvalue weighted by Gasteiger charge is 2.30. The van der Waals surface area contributed by atoms with Crippen molar-refractivity contribution in [3.8, 4) is 0 Å². The molecule has 0 atom stereocenters. The number of piperazine rings is 1. The Bertz CT molecular complexity index is 588. The number of rotatable bonds is 3. The van der Waals surface area contributed by atoms with Crippen LogP contribution in [0.1, 0.15) is 15.9 Å². The van der Waals surface area contributed by atoms with Crippen LogP contribution in [0.4, 0.5) is 0 Å². The lowest BCUT2D eigenvalue weighted by atomic mass is 10.1. The van der Waals surface area contributed by atoms with Crippen LogP contribution < -0.4 is 0 Å². The minimum Gasteiger partial charge on any atom is -0.478 e. The van der Waals surface area contributed by atoms with Crippen LogP contribution in [0.3, 0.4) is 0 Å². The van der Waals surface area contributed by atoms with Gasteiger partial charge in [0.25, 0.3) is 0 Å². The average Bonchev–Trinajstić information content (AvgIpc) is 2.41. The zero-order valence-corrected chi connectivity index (χ0v) is 12.4. The molecule has 1 aromatic carbocycles. The molecule has 1 heterocycles. The van der Waals surface area contributed by atoms with Crippen molar-refractivity contribution in [2.45, 2.75) is 6.54 Å². The summed E-state index contributed by atoms with van der Waals surface area (Å²) < 4.78 is 0.608. The molecule has 1 aliphatic heterocycles. The zero-order valence-electron chi connectivity index (χ0n) is 10.8. The van der Waals surface area contributed by atoms with Gasteiger partial charge in [-0.05, 0) is 17.7 Å². The van der Waals surface area contributed by atoms with E-state index in [9.17, 15) is 14.4 Å². The first-order valence-corrected chi connectivity index (χ1v) is 6.75. The highest BCUT2D eigenvalue weighted by Crippen LogP contribution is 2.21. The summed E-state index contributed by atoms with van der Waals surface area (Å²) in [6.45, 7) is 1.24. The van der Waals surface area contributed by atoms with Crippen molar-refractivity contribution in [2.75, 3.05) is 20.1 Å². The van der Waals surface area contributed by atoms with Crippen molar-refractivity contribution in [3.05, 3.63) is 33.8 Å². The van der Waals surface area contributed by atoms with Gasteiger partial charge >= 0.3 is 17.8 Å². The van der Waals surface area contributed by atoms with Gasteiger partial charge in [-0.3, -0.25) is 9.59 Å². The monoisotopic (exact) mass is 340 g/mol. The molecular weight excluding hydrogens is 328 g/mol. The normalized spacial score (nSPS) is 15.7. The lowest BCUT2D eigenvalue weighted by molar-refractivity contribution is -0.155. The van der Waals surface area contributed by atoms with E-state index in [-0.39, 0.29) is 12.1 Å². The summed E-state index contributed by atoms with van der Waals surface area (Å²) in [4.78, 5) is 37.2. The van der Waals surface area contributed by atoms with E-state index in [1.54, 1.807) is 13.1 Å². The number of carbonyl (C=O) groups is 3. The van der Waals surface area contributed by atoms with E-state index < -0.39 is 17.8 Å². The molecule has 0 radical (unpaired) electrons. The molecule has 6 nitrogen and oxygen atoms in total. The quantitative estimate of drug-likeness (QED) is 0.831. The fourth-order valence-corrected chi connectivity index (χ4v) is 2.44. The molecule has 1 N–H and O–H groups in total. The standard InChI is InChI=1S/C13H13BrN2O4/c1-15-4-5-16(12(18)11(15)17)7-9-3-2-8(13(19)20)6-10(9)14/h2-3,6H,4-5,7H2,1H3,(H,19,20). The summed E-state index contributed by atoms with van der Waals surface area (Å²) in [7, 11) is 1.59. The lowest BCUT2D eigenvalue weighted by Gasteiger charge is -2.31. The number of carboxylic acid groups (broad SMARTS) is 1. The van der Waals surface area contributed by atoms with Gasteiger partial charge in [-0.15, -0.1) is 0 Å². The summed E-state index contributed by atoms with van der Waals surface area (Å²) >= 11 is 3.29. The van der Waals surface area contributed by atoms with Crippen molar-refractivity contribution in [3.63, 3.8) is 0 Å². The Kier molecular flexibility index (Phi) is 4.08. The van der Waals surface area contributed by atoms with Gasteiger partial charge in [0.15, 0.2) is 0 Å². The number of carbonyl (C=O) groups excluding carboxylic acids is 2. The van der Waals surface area contributed by atoms with Gasteiger partial charge in [-0.1, -0.05) is 22.0 Å². The third-order valence-corrected chi connectivity index (χ3v) is 3.92. The summed E-state index contributed by atoms with van der Waals surface area (Å²) in [5.74, 6) is -2.06. The maximum Gasteiger partial charge on any atom is 0.335 e. The molecule has 1 saturated heterocycles. The van der Waals surface area contributed by atoms with Gasteiger partial charge in [0.1, 0.15) is 0 Å². The number of hydrogen-bond acceptors (Lipinski definition) is 3. The van der Waals surface area contributed by atoms with Crippen molar-refractivity contribution >= 4 is 33.7 Å². The molecule has 20 heavy (non-hydrogen) atoms. The minimum atomic E-state index is -1.01. The first kappa shape index (κ1) is 14.5.